The fraction of sp³-hybridized carbons (Fsp3) is 0.667. The molecule has 0 amide bonds. The van der Waals surface area contributed by atoms with Gasteiger partial charge in [-0.15, -0.1) is 0 Å². The zero-order chi connectivity index (χ0) is 14.0. The molecule has 2 rings (SSSR count). The van der Waals surface area contributed by atoms with Gasteiger partial charge in [-0.25, -0.2) is 14.5 Å². The third-order valence-electron chi connectivity index (χ3n) is 3.28. The second-order valence-electron chi connectivity index (χ2n) is 4.68. The van der Waals surface area contributed by atoms with Gasteiger partial charge in [0, 0.05) is 26.2 Å². The lowest BCUT2D eigenvalue weighted by atomic mass is 10.4. The number of rotatable bonds is 3. The van der Waals surface area contributed by atoms with E-state index >= 15 is 0 Å². The van der Waals surface area contributed by atoms with E-state index in [1.165, 1.54) is 0 Å². The molecule has 0 unspecified atom stereocenters. The van der Waals surface area contributed by atoms with Crippen LogP contribution in [0.1, 0.15) is 23.2 Å². The summed E-state index contributed by atoms with van der Waals surface area (Å²) in [6.45, 7) is 7.58. The smallest absolute Gasteiger partial charge is 0.360 e. The van der Waals surface area contributed by atoms with Crippen LogP contribution < -0.4 is 10.7 Å². The van der Waals surface area contributed by atoms with Gasteiger partial charge in [0.15, 0.2) is 11.5 Å². The first-order valence-corrected chi connectivity index (χ1v) is 6.50. The van der Waals surface area contributed by atoms with Crippen LogP contribution in [0, 0.1) is 6.92 Å². The number of nitrogens with two attached hydrogens (primary N) is 1. The number of likely N-dealkylation sites (N-methyl/N-ethyl adjacent to an activating group) is 1. The van der Waals surface area contributed by atoms with Crippen molar-refractivity contribution in [2.75, 3.05) is 50.6 Å². The Morgan fingerprint density at radius 1 is 1.37 bits per heavy atom. The largest absolute Gasteiger partial charge is 0.461 e. The zero-order valence-electron chi connectivity index (χ0n) is 11.7. The van der Waals surface area contributed by atoms with Crippen LogP contribution in [0.4, 0.5) is 5.82 Å². The minimum Gasteiger partial charge on any atom is -0.461 e. The molecule has 1 saturated heterocycles. The molecule has 0 atom stereocenters. The molecular formula is C12H21N5O2. The minimum absolute atomic E-state index is 0.207. The van der Waals surface area contributed by atoms with Crippen molar-refractivity contribution in [1.29, 1.82) is 0 Å². The molecule has 2 heterocycles. The molecule has 0 aliphatic carbocycles. The van der Waals surface area contributed by atoms with Crippen molar-refractivity contribution in [2.24, 2.45) is 0 Å². The molecule has 2 N–H and O–H groups in total. The van der Waals surface area contributed by atoms with Crippen LogP contribution in [0.3, 0.4) is 0 Å². The van der Waals surface area contributed by atoms with Gasteiger partial charge in [0.05, 0.1) is 6.61 Å². The molecular weight excluding hydrogens is 246 g/mol. The molecule has 0 saturated carbocycles. The normalized spacial score (nSPS) is 16.7. The van der Waals surface area contributed by atoms with Crippen molar-refractivity contribution in [3.8, 4) is 0 Å². The lowest BCUT2D eigenvalue weighted by Crippen LogP contribution is -2.50. The third kappa shape index (κ3) is 2.65. The molecule has 19 heavy (non-hydrogen) atoms. The molecule has 7 nitrogen and oxygen atoms in total. The van der Waals surface area contributed by atoms with Crippen molar-refractivity contribution < 1.29 is 9.53 Å². The van der Waals surface area contributed by atoms with Crippen LogP contribution in [0.2, 0.25) is 0 Å². The second-order valence-corrected chi connectivity index (χ2v) is 4.68. The maximum atomic E-state index is 11.8. The Kier molecular flexibility index (Phi) is 3.94. The molecule has 106 valence electrons. The van der Waals surface area contributed by atoms with Gasteiger partial charge in [0.1, 0.15) is 5.82 Å². The number of carbonyl (C=O) groups excluding carboxylic acids is 1. The van der Waals surface area contributed by atoms with Crippen LogP contribution in [0.25, 0.3) is 0 Å². The Morgan fingerprint density at radius 3 is 2.58 bits per heavy atom. The van der Waals surface area contributed by atoms with E-state index in [2.05, 4.69) is 21.9 Å². The zero-order valence-corrected chi connectivity index (χ0v) is 11.7. The fourth-order valence-electron chi connectivity index (χ4n) is 2.24. The van der Waals surface area contributed by atoms with Crippen LogP contribution in [0.15, 0.2) is 0 Å². The quantitative estimate of drug-likeness (QED) is 0.767. The Bertz CT molecular complexity index is 463. The van der Waals surface area contributed by atoms with E-state index in [1.807, 2.05) is 11.6 Å². The van der Waals surface area contributed by atoms with Gasteiger partial charge in [-0.3, -0.25) is 0 Å². The number of esters is 1. The monoisotopic (exact) mass is 267 g/mol. The summed E-state index contributed by atoms with van der Waals surface area (Å²) in [6.07, 6.45) is 0. The van der Waals surface area contributed by atoms with E-state index in [-0.39, 0.29) is 5.69 Å². The van der Waals surface area contributed by atoms with Gasteiger partial charge in [0.25, 0.3) is 0 Å². The van der Waals surface area contributed by atoms with Gasteiger partial charge in [-0.2, -0.15) is 0 Å². The van der Waals surface area contributed by atoms with Crippen molar-refractivity contribution in [1.82, 2.24) is 14.6 Å². The summed E-state index contributed by atoms with van der Waals surface area (Å²) in [5.41, 5.74) is 6.25. The highest BCUT2D eigenvalue weighted by atomic mass is 16.5. The van der Waals surface area contributed by atoms with E-state index in [9.17, 15) is 4.79 Å². The van der Waals surface area contributed by atoms with E-state index in [1.54, 1.807) is 6.92 Å². The minimum atomic E-state index is -0.462. The lowest BCUT2D eigenvalue weighted by molar-refractivity contribution is 0.0521. The van der Waals surface area contributed by atoms with Crippen molar-refractivity contribution >= 4 is 11.8 Å². The van der Waals surface area contributed by atoms with Crippen molar-refractivity contribution in [3.05, 3.63) is 11.5 Å². The predicted octanol–water partition coefficient (Wildman–Crippen LogP) is -0.166. The number of aryl methyl sites for hydroxylation is 1. The Morgan fingerprint density at radius 2 is 2.00 bits per heavy atom. The molecule has 1 fully saturated rings. The number of hydrogen-bond acceptors (Lipinski definition) is 6. The highest BCUT2D eigenvalue weighted by molar-refractivity contribution is 5.92. The first-order valence-electron chi connectivity index (χ1n) is 6.50. The van der Waals surface area contributed by atoms with Crippen molar-refractivity contribution in [3.63, 3.8) is 0 Å². The van der Waals surface area contributed by atoms with E-state index in [4.69, 9.17) is 10.5 Å². The van der Waals surface area contributed by atoms with Gasteiger partial charge in [0.2, 0.25) is 0 Å². The SMILES string of the molecule is CCOC(=O)c1nc(C)n(N2CCN(C)CC2)c1N. The van der Waals surface area contributed by atoms with Gasteiger partial charge in [-0.05, 0) is 20.9 Å². The number of anilines is 1. The molecule has 0 radical (unpaired) electrons. The number of hydrogen-bond donors (Lipinski definition) is 1. The maximum absolute atomic E-state index is 11.8. The summed E-state index contributed by atoms with van der Waals surface area (Å²) in [7, 11) is 2.09. The summed E-state index contributed by atoms with van der Waals surface area (Å²) < 4.78 is 6.78. The summed E-state index contributed by atoms with van der Waals surface area (Å²) in [5, 5.41) is 2.11. The topological polar surface area (TPSA) is 76.6 Å². The average Bonchev–Trinajstić information content (AvgIpc) is 2.67. The lowest BCUT2D eigenvalue weighted by Gasteiger charge is -2.35. The van der Waals surface area contributed by atoms with Gasteiger partial charge >= 0.3 is 5.97 Å². The summed E-state index contributed by atoms with van der Waals surface area (Å²) in [4.78, 5) is 18.2. The molecule has 0 spiro atoms. The number of nitrogen functional groups attached to an aromatic ring is 1. The van der Waals surface area contributed by atoms with E-state index in [0.29, 0.717) is 18.2 Å². The number of nitrogens with zero attached hydrogens (tertiary/aromatic N) is 4. The summed E-state index contributed by atoms with van der Waals surface area (Å²) in [5.74, 6) is 0.613. The third-order valence-corrected chi connectivity index (χ3v) is 3.28. The Balaban J connectivity index is 2.24. The fourth-order valence-corrected chi connectivity index (χ4v) is 2.24. The van der Waals surface area contributed by atoms with Crippen LogP contribution in [-0.4, -0.2) is 60.4 Å². The Labute approximate surface area is 112 Å². The molecule has 1 aromatic heterocycles. The molecule has 1 aromatic rings. The summed E-state index contributed by atoms with van der Waals surface area (Å²) in [6, 6.07) is 0. The molecule has 1 aliphatic rings. The number of piperazine rings is 1. The number of carbonyl (C=O) groups is 1. The van der Waals surface area contributed by atoms with Gasteiger partial charge in [-0.1, -0.05) is 0 Å². The van der Waals surface area contributed by atoms with Gasteiger partial charge < -0.3 is 20.4 Å². The van der Waals surface area contributed by atoms with Crippen LogP contribution in [0.5, 0.6) is 0 Å². The molecule has 0 bridgehead atoms. The second kappa shape index (κ2) is 5.48. The first kappa shape index (κ1) is 13.7. The van der Waals surface area contributed by atoms with Crippen LogP contribution in [-0.2, 0) is 4.74 Å². The maximum Gasteiger partial charge on any atom is 0.360 e. The van der Waals surface area contributed by atoms with E-state index in [0.717, 1.165) is 26.2 Å². The highest BCUT2D eigenvalue weighted by Crippen LogP contribution is 2.17. The standard InChI is InChI=1S/C12H21N5O2/c1-4-19-12(18)10-11(13)17(9(2)14-10)16-7-5-15(3)6-8-16/h4-8,13H2,1-3H3. The predicted molar refractivity (Wildman–Crippen MR) is 72.8 cm³/mol. The first-order chi connectivity index (χ1) is 9.04. The number of aromatic nitrogens is 2. The molecule has 1 aliphatic heterocycles. The molecule has 7 heteroatoms. The molecule has 0 aromatic carbocycles. The average molecular weight is 267 g/mol. The number of ether oxygens (including phenoxy) is 1. The highest BCUT2D eigenvalue weighted by Gasteiger charge is 2.24. The summed E-state index contributed by atoms with van der Waals surface area (Å²) >= 11 is 0. The van der Waals surface area contributed by atoms with Crippen LogP contribution >= 0.6 is 0 Å². The van der Waals surface area contributed by atoms with E-state index < -0.39 is 5.97 Å². The Hall–Kier alpha value is -1.76. The van der Waals surface area contributed by atoms with Crippen molar-refractivity contribution in [2.45, 2.75) is 13.8 Å². The number of imidazole rings is 1.